The number of anilines is 1. The summed E-state index contributed by atoms with van der Waals surface area (Å²) in [6.07, 6.45) is 0. The lowest BCUT2D eigenvalue weighted by atomic mass is 10.1. The molecule has 2 aromatic rings. The van der Waals surface area contributed by atoms with Crippen molar-refractivity contribution in [3.8, 4) is 0 Å². The fraction of sp³-hybridized carbons (Fsp3) is 0.133. The molecule has 2 atom stereocenters. The van der Waals surface area contributed by atoms with Crippen molar-refractivity contribution in [1.82, 2.24) is 0 Å². The molecule has 1 N–H and O–H groups in total. The summed E-state index contributed by atoms with van der Waals surface area (Å²) in [6, 6.07) is 13.6. The molecule has 0 saturated heterocycles. The molecule has 0 unspecified atom stereocenters. The van der Waals surface area contributed by atoms with Gasteiger partial charge in [0.1, 0.15) is 5.38 Å². The van der Waals surface area contributed by atoms with Gasteiger partial charge in [0.2, 0.25) is 5.91 Å². The Balaban J connectivity index is 2.04. The van der Waals surface area contributed by atoms with E-state index in [9.17, 15) is 4.79 Å². The van der Waals surface area contributed by atoms with Crippen LogP contribution in [-0.4, -0.2) is 11.3 Å². The average Bonchev–Trinajstić information content (AvgIpc) is 2.49. The van der Waals surface area contributed by atoms with Crippen molar-refractivity contribution in [2.45, 2.75) is 10.8 Å². The number of hydrogen-bond acceptors (Lipinski definition) is 1. The molecule has 0 aliphatic heterocycles. The Labute approximate surface area is 143 Å². The second-order valence-electron chi connectivity index (χ2n) is 4.35. The van der Waals surface area contributed by atoms with Gasteiger partial charge in [-0.05, 0) is 42.0 Å². The van der Waals surface area contributed by atoms with E-state index in [-0.39, 0.29) is 5.91 Å². The smallest absolute Gasteiger partial charge is 0.244 e. The molecule has 0 heterocycles. The van der Waals surface area contributed by atoms with Gasteiger partial charge in [-0.2, -0.15) is 0 Å². The van der Waals surface area contributed by atoms with Gasteiger partial charge in [-0.3, -0.25) is 4.79 Å². The second-order valence-corrected chi connectivity index (χ2v) is 6.16. The third-order valence-electron chi connectivity index (χ3n) is 2.81. The average molecular weight is 363 g/mol. The summed E-state index contributed by atoms with van der Waals surface area (Å²) < 4.78 is 0. The third kappa shape index (κ3) is 4.52. The minimum Gasteiger partial charge on any atom is -0.325 e. The van der Waals surface area contributed by atoms with Crippen molar-refractivity contribution in [3.63, 3.8) is 0 Å². The van der Waals surface area contributed by atoms with Gasteiger partial charge in [-0.1, -0.05) is 35.3 Å². The zero-order valence-electron chi connectivity index (χ0n) is 10.7. The Morgan fingerprint density at radius 1 is 0.857 bits per heavy atom. The van der Waals surface area contributed by atoms with Crippen molar-refractivity contribution in [1.29, 1.82) is 0 Å². The number of carbonyl (C=O) groups is 1. The quantitative estimate of drug-likeness (QED) is 0.713. The van der Waals surface area contributed by atoms with Crippen LogP contribution in [0.15, 0.2) is 48.5 Å². The molecule has 0 bridgehead atoms. The molecule has 1 amide bonds. The van der Waals surface area contributed by atoms with E-state index in [0.29, 0.717) is 15.7 Å². The fourth-order valence-corrected chi connectivity index (χ4v) is 2.40. The zero-order valence-corrected chi connectivity index (χ0v) is 13.7. The molecule has 0 aliphatic carbocycles. The fourth-order valence-electron chi connectivity index (χ4n) is 1.69. The molecule has 0 saturated carbocycles. The van der Waals surface area contributed by atoms with Gasteiger partial charge < -0.3 is 5.32 Å². The van der Waals surface area contributed by atoms with Crippen molar-refractivity contribution >= 4 is 58.0 Å². The highest BCUT2D eigenvalue weighted by atomic mass is 35.5. The highest BCUT2D eigenvalue weighted by Gasteiger charge is 2.26. The summed E-state index contributed by atoms with van der Waals surface area (Å²) in [6.45, 7) is 0. The Bertz CT molecular complexity index is 613. The van der Waals surface area contributed by atoms with E-state index in [1.165, 1.54) is 0 Å². The highest BCUT2D eigenvalue weighted by Crippen LogP contribution is 2.30. The Kier molecular flexibility index (Phi) is 5.77. The topological polar surface area (TPSA) is 29.1 Å². The number of carbonyl (C=O) groups excluding carboxylic acids is 1. The maximum absolute atomic E-state index is 12.1. The molecule has 0 spiro atoms. The molecule has 0 aliphatic rings. The number of nitrogens with one attached hydrogen (secondary N) is 1. The maximum atomic E-state index is 12.1. The van der Waals surface area contributed by atoms with Crippen molar-refractivity contribution in [2.24, 2.45) is 0 Å². The van der Waals surface area contributed by atoms with Crippen LogP contribution < -0.4 is 5.32 Å². The van der Waals surface area contributed by atoms with Crippen LogP contribution in [0.25, 0.3) is 0 Å². The standard InChI is InChI=1S/C15H11Cl4NO/c16-10-3-1-9(2-4-10)13(18)14(19)15(21)20-12-7-5-11(17)6-8-12/h1-8,13-14H,(H,20,21)/t13-,14+/m0/s1. The normalized spacial score (nSPS) is 13.5. The first-order chi connectivity index (χ1) is 9.97. The van der Waals surface area contributed by atoms with Crippen LogP contribution in [0.1, 0.15) is 10.9 Å². The lowest BCUT2D eigenvalue weighted by molar-refractivity contribution is -0.115. The lowest BCUT2D eigenvalue weighted by Crippen LogP contribution is -2.26. The Morgan fingerprint density at radius 3 is 1.86 bits per heavy atom. The molecule has 0 fully saturated rings. The predicted octanol–water partition coefficient (Wildman–Crippen LogP) is 5.52. The monoisotopic (exact) mass is 361 g/mol. The molecule has 2 aromatic carbocycles. The van der Waals surface area contributed by atoms with E-state index in [2.05, 4.69) is 5.32 Å². The minimum absolute atomic E-state index is 0.381. The summed E-state index contributed by atoms with van der Waals surface area (Å²) >= 11 is 24.0. The summed E-state index contributed by atoms with van der Waals surface area (Å²) in [5.41, 5.74) is 1.34. The van der Waals surface area contributed by atoms with Crippen LogP contribution in [0, 0.1) is 0 Å². The van der Waals surface area contributed by atoms with Crippen LogP contribution in [0.2, 0.25) is 10.0 Å². The van der Waals surface area contributed by atoms with Crippen molar-refractivity contribution in [3.05, 3.63) is 64.1 Å². The Hall–Kier alpha value is -0.930. The largest absolute Gasteiger partial charge is 0.325 e. The van der Waals surface area contributed by atoms with Crippen LogP contribution in [0.5, 0.6) is 0 Å². The van der Waals surface area contributed by atoms with E-state index in [4.69, 9.17) is 46.4 Å². The lowest BCUT2D eigenvalue weighted by Gasteiger charge is -2.16. The summed E-state index contributed by atoms with van der Waals surface area (Å²) in [5.74, 6) is -0.381. The van der Waals surface area contributed by atoms with Crippen LogP contribution in [0.3, 0.4) is 0 Å². The second kappa shape index (κ2) is 7.37. The van der Waals surface area contributed by atoms with Gasteiger partial charge in [-0.25, -0.2) is 0 Å². The summed E-state index contributed by atoms with van der Waals surface area (Å²) in [5, 5.41) is 2.31. The van der Waals surface area contributed by atoms with Gasteiger partial charge in [0.05, 0.1) is 5.38 Å². The van der Waals surface area contributed by atoms with Crippen LogP contribution in [-0.2, 0) is 4.79 Å². The number of benzene rings is 2. The molecular weight excluding hydrogens is 352 g/mol. The maximum Gasteiger partial charge on any atom is 0.244 e. The van der Waals surface area contributed by atoms with Gasteiger partial charge in [0, 0.05) is 15.7 Å². The van der Waals surface area contributed by atoms with E-state index < -0.39 is 10.8 Å². The molecule has 0 aromatic heterocycles. The van der Waals surface area contributed by atoms with Gasteiger partial charge in [-0.15, -0.1) is 23.2 Å². The van der Waals surface area contributed by atoms with Gasteiger partial charge >= 0.3 is 0 Å². The first kappa shape index (κ1) is 16.4. The predicted molar refractivity (Wildman–Crippen MR) is 89.8 cm³/mol. The molecule has 6 heteroatoms. The van der Waals surface area contributed by atoms with E-state index in [1.54, 1.807) is 48.5 Å². The molecule has 0 radical (unpaired) electrons. The van der Waals surface area contributed by atoms with Crippen molar-refractivity contribution in [2.75, 3.05) is 5.32 Å². The first-order valence-corrected chi connectivity index (χ1v) is 7.70. The van der Waals surface area contributed by atoms with Gasteiger partial charge in [0.15, 0.2) is 0 Å². The van der Waals surface area contributed by atoms with Crippen LogP contribution in [0.4, 0.5) is 5.69 Å². The molecule has 110 valence electrons. The number of halogens is 4. The van der Waals surface area contributed by atoms with E-state index >= 15 is 0 Å². The minimum atomic E-state index is -0.913. The van der Waals surface area contributed by atoms with Crippen LogP contribution >= 0.6 is 46.4 Å². The molecular formula is C15H11Cl4NO. The van der Waals surface area contributed by atoms with Crippen molar-refractivity contribution < 1.29 is 4.79 Å². The van der Waals surface area contributed by atoms with E-state index in [0.717, 1.165) is 5.56 Å². The first-order valence-electron chi connectivity index (χ1n) is 6.07. The number of rotatable bonds is 4. The van der Waals surface area contributed by atoms with Gasteiger partial charge in [0.25, 0.3) is 0 Å². The Morgan fingerprint density at radius 2 is 1.33 bits per heavy atom. The number of hydrogen-bond donors (Lipinski definition) is 1. The zero-order chi connectivity index (χ0) is 15.4. The highest BCUT2D eigenvalue weighted by molar-refractivity contribution is 6.38. The SMILES string of the molecule is O=C(Nc1ccc(Cl)cc1)[C@H](Cl)[C@@H](Cl)c1ccc(Cl)cc1. The molecule has 21 heavy (non-hydrogen) atoms. The summed E-state index contributed by atoms with van der Waals surface area (Å²) in [7, 11) is 0. The number of amides is 1. The third-order valence-corrected chi connectivity index (χ3v) is 4.39. The summed E-state index contributed by atoms with van der Waals surface area (Å²) in [4.78, 5) is 12.1. The number of alkyl halides is 2. The molecule has 2 rings (SSSR count). The molecule has 2 nitrogen and oxygen atoms in total. The van der Waals surface area contributed by atoms with E-state index in [1.807, 2.05) is 0 Å².